The molecule has 1 heterocycles. The minimum Gasteiger partial charge on any atom is -0.505 e. The molecule has 1 aliphatic heterocycles. The van der Waals surface area contributed by atoms with Gasteiger partial charge >= 0.3 is 5.95 Å². The first-order valence-electron chi connectivity index (χ1n) is 2.23. The van der Waals surface area contributed by atoms with Crippen LogP contribution < -0.4 is 0 Å². The molecule has 0 radical (unpaired) electrons. The van der Waals surface area contributed by atoms with Crippen LogP contribution in [0.2, 0.25) is 0 Å². The highest BCUT2D eigenvalue weighted by molar-refractivity contribution is 5.03. The summed E-state index contributed by atoms with van der Waals surface area (Å²) in [6.45, 7) is 0. The van der Waals surface area contributed by atoms with Gasteiger partial charge in [0, 0.05) is 6.42 Å². The maximum absolute atomic E-state index is 8.63. The maximum Gasteiger partial charge on any atom is 0.321 e. The lowest BCUT2D eigenvalue weighted by molar-refractivity contribution is 0.130. The maximum atomic E-state index is 8.63. The largest absolute Gasteiger partial charge is 0.505 e. The van der Waals surface area contributed by atoms with E-state index in [2.05, 4.69) is 4.74 Å². The first-order valence-corrected chi connectivity index (χ1v) is 2.23. The lowest BCUT2D eigenvalue weighted by Crippen LogP contribution is -1.95. The van der Waals surface area contributed by atoms with Crippen LogP contribution in [-0.4, -0.2) is 10.2 Å². The lowest BCUT2D eigenvalue weighted by atomic mass is 10.3. The molecule has 0 saturated carbocycles. The van der Waals surface area contributed by atoms with Crippen molar-refractivity contribution in [3.05, 3.63) is 24.0 Å². The molecule has 0 aromatic rings. The monoisotopic (exact) mass is 114 g/mol. The zero-order valence-electron chi connectivity index (χ0n) is 4.16. The molecule has 44 valence electrons. The standard InChI is InChI=1S/C5H6O3/c6-4-2-1-3-8-5(4)7/h1,3,6-7H,2H2. The molecule has 0 aromatic carbocycles. The van der Waals surface area contributed by atoms with Crippen LogP contribution in [0.25, 0.3) is 0 Å². The summed E-state index contributed by atoms with van der Waals surface area (Å²) < 4.78 is 4.39. The average molecular weight is 114 g/mol. The molecule has 1 aliphatic rings. The number of rotatable bonds is 0. The molecule has 3 heteroatoms. The van der Waals surface area contributed by atoms with Crippen molar-refractivity contribution in [2.24, 2.45) is 0 Å². The molecule has 0 aromatic heterocycles. The molecular formula is C5H6O3. The Balaban J connectivity index is 2.67. The summed E-state index contributed by atoms with van der Waals surface area (Å²) in [6.07, 6.45) is 3.29. The van der Waals surface area contributed by atoms with Crippen LogP contribution in [0.4, 0.5) is 0 Å². The van der Waals surface area contributed by atoms with E-state index in [-0.39, 0.29) is 5.76 Å². The summed E-state index contributed by atoms with van der Waals surface area (Å²) in [6, 6.07) is 0. The molecule has 0 fully saturated rings. The molecule has 0 aliphatic carbocycles. The zero-order chi connectivity index (χ0) is 5.98. The second kappa shape index (κ2) is 1.78. The Kier molecular flexibility index (Phi) is 1.12. The molecule has 0 atom stereocenters. The van der Waals surface area contributed by atoms with Gasteiger partial charge in [0.2, 0.25) is 0 Å². The van der Waals surface area contributed by atoms with Crippen molar-refractivity contribution >= 4 is 0 Å². The molecule has 2 N–H and O–H groups in total. The van der Waals surface area contributed by atoms with E-state index in [1.807, 2.05) is 0 Å². The molecule has 0 bridgehead atoms. The van der Waals surface area contributed by atoms with E-state index in [0.29, 0.717) is 6.42 Å². The predicted molar refractivity (Wildman–Crippen MR) is 27.1 cm³/mol. The third kappa shape index (κ3) is 0.753. The molecule has 0 spiro atoms. The van der Waals surface area contributed by atoms with Crippen LogP contribution >= 0.6 is 0 Å². The van der Waals surface area contributed by atoms with Gasteiger partial charge in [-0.05, 0) is 6.08 Å². The highest BCUT2D eigenvalue weighted by Gasteiger charge is 2.04. The van der Waals surface area contributed by atoms with Crippen molar-refractivity contribution < 1.29 is 14.9 Å². The van der Waals surface area contributed by atoms with Crippen LogP contribution in [0.15, 0.2) is 24.0 Å². The Bertz CT molecular complexity index is 130. The number of aliphatic hydroxyl groups excluding tert-OH is 2. The van der Waals surface area contributed by atoms with Crippen molar-refractivity contribution in [2.45, 2.75) is 6.42 Å². The van der Waals surface area contributed by atoms with Crippen LogP contribution in [-0.2, 0) is 4.74 Å². The van der Waals surface area contributed by atoms with Crippen LogP contribution in [0.3, 0.4) is 0 Å². The Morgan fingerprint density at radius 1 is 1.50 bits per heavy atom. The third-order valence-electron chi connectivity index (χ3n) is 0.834. The SMILES string of the molecule is OC1=C(O)OC=CC1. The number of hydrogen-bond donors (Lipinski definition) is 2. The quantitative estimate of drug-likeness (QED) is 0.497. The van der Waals surface area contributed by atoms with Gasteiger partial charge < -0.3 is 14.9 Å². The van der Waals surface area contributed by atoms with E-state index < -0.39 is 5.95 Å². The first-order chi connectivity index (χ1) is 3.80. The van der Waals surface area contributed by atoms with Gasteiger partial charge in [-0.3, -0.25) is 0 Å². The number of hydrogen-bond acceptors (Lipinski definition) is 3. The van der Waals surface area contributed by atoms with Crippen LogP contribution in [0, 0.1) is 0 Å². The van der Waals surface area contributed by atoms with Crippen molar-refractivity contribution in [1.82, 2.24) is 0 Å². The van der Waals surface area contributed by atoms with Gasteiger partial charge in [0.1, 0.15) is 0 Å². The fourth-order valence-corrected chi connectivity index (χ4v) is 0.428. The second-order valence-electron chi connectivity index (χ2n) is 1.45. The normalized spacial score (nSPS) is 18.5. The van der Waals surface area contributed by atoms with E-state index in [1.54, 1.807) is 6.08 Å². The predicted octanol–water partition coefficient (Wildman–Crippen LogP) is 1.21. The Morgan fingerprint density at radius 2 is 2.25 bits per heavy atom. The highest BCUT2D eigenvalue weighted by atomic mass is 16.6. The summed E-state index contributed by atoms with van der Waals surface area (Å²) >= 11 is 0. The van der Waals surface area contributed by atoms with E-state index in [1.165, 1.54) is 6.26 Å². The summed E-state index contributed by atoms with van der Waals surface area (Å²) in [7, 11) is 0. The Labute approximate surface area is 46.5 Å². The van der Waals surface area contributed by atoms with Gasteiger partial charge in [-0.25, -0.2) is 0 Å². The lowest BCUT2D eigenvalue weighted by Gasteiger charge is -2.04. The number of allylic oxidation sites excluding steroid dienone is 1. The Hall–Kier alpha value is -1.12. The van der Waals surface area contributed by atoms with Gasteiger partial charge in [-0.15, -0.1) is 0 Å². The van der Waals surface area contributed by atoms with Gasteiger partial charge in [0.05, 0.1) is 6.26 Å². The smallest absolute Gasteiger partial charge is 0.321 e. The third-order valence-corrected chi connectivity index (χ3v) is 0.834. The van der Waals surface area contributed by atoms with Crippen molar-refractivity contribution in [2.75, 3.05) is 0 Å². The minimum absolute atomic E-state index is 0.118. The highest BCUT2D eigenvalue weighted by Crippen LogP contribution is 2.10. The molecule has 3 nitrogen and oxygen atoms in total. The fourth-order valence-electron chi connectivity index (χ4n) is 0.428. The van der Waals surface area contributed by atoms with Gasteiger partial charge in [-0.2, -0.15) is 0 Å². The molecule has 1 rings (SSSR count). The van der Waals surface area contributed by atoms with Gasteiger partial charge in [-0.1, -0.05) is 0 Å². The zero-order valence-corrected chi connectivity index (χ0v) is 4.16. The summed E-state index contributed by atoms with van der Waals surface area (Å²) in [5, 5.41) is 17.2. The molecule has 8 heavy (non-hydrogen) atoms. The van der Waals surface area contributed by atoms with Gasteiger partial charge in [0.25, 0.3) is 0 Å². The molecule has 0 unspecified atom stereocenters. The van der Waals surface area contributed by atoms with Gasteiger partial charge in [0.15, 0.2) is 5.76 Å². The summed E-state index contributed by atoms with van der Waals surface area (Å²) in [5.41, 5.74) is 0. The van der Waals surface area contributed by atoms with Crippen LogP contribution in [0.1, 0.15) is 6.42 Å². The topological polar surface area (TPSA) is 49.7 Å². The van der Waals surface area contributed by atoms with Crippen molar-refractivity contribution in [3.8, 4) is 0 Å². The van der Waals surface area contributed by atoms with Crippen molar-refractivity contribution in [1.29, 1.82) is 0 Å². The van der Waals surface area contributed by atoms with Crippen molar-refractivity contribution in [3.63, 3.8) is 0 Å². The minimum atomic E-state index is -0.396. The molecular weight excluding hydrogens is 108 g/mol. The Morgan fingerprint density at radius 3 is 2.62 bits per heavy atom. The summed E-state index contributed by atoms with van der Waals surface area (Å²) in [4.78, 5) is 0. The van der Waals surface area contributed by atoms with E-state index in [4.69, 9.17) is 10.2 Å². The van der Waals surface area contributed by atoms with Crippen LogP contribution in [0.5, 0.6) is 0 Å². The summed E-state index contributed by atoms with van der Waals surface area (Å²) in [5.74, 6) is -0.514. The number of aliphatic hydroxyl groups is 2. The average Bonchev–Trinajstić information content (AvgIpc) is 1.77. The number of ether oxygens (including phenoxy) is 1. The molecule has 0 saturated heterocycles. The first kappa shape index (κ1) is 5.03. The van der Waals surface area contributed by atoms with E-state index in [9.17, 15) is 0 Å². The van der Waals surface area contributed by atoms with E-state index in [0.717, 1.165) is 0 Å². The van der Waals surface area contributed by atoms with E-state index >= 15 is 0 Å². The molecule has 0 amide bonds. The second-order valence-corrected chi connectivity index (χ2v) is 1.45. The fraction of sp³-hybridized carbons (Fsp3) is 0.200.